The van der Waals surface area contributed by atoms with Gasteiger partial charge in [-0.15, -0.1) is 36.2 Å². The topological polar surface area (TPSA) is 63.2 Å². The lowest BCUT2D eigenvalue weighted by Crippen LogP contribution is -2.32. The number of ether oxygens (including phenoxy) is 1. The first-order chi connectivity index (χ1) is 9.22. The van der Waals surface area contributed by atoms with Gasteiger partial charge in [-0.25, -0.2) is 4.98 Å². The molecule has 1 aromatic heterocycles. The average Bonchev–Trinajstić information content (AvgIpc) is 2.79. The van der Waals surface area contributed by atoms with Crippen molar-refractivity contribution in [2.45, 2.75) is 26.2 Å². The number of methoxy groups -OCH3 is 1. The highest BCUT2D eigenvalue weighted by atomic mass is 35.5. The minimum Gasteiger partial charge on any atom is -0.383 e. The second-order valence-corrected chi connectivity index (χ2v) is 5.37. The smallest absolute Gasteiger partial charge is 0.220 e. The maximum absolute atomic E-state index is 11.5. The third kappa shape index (κ3) is 11.9. The molecular weight excluding hydrogens is 333 g/mol. The molecule has 0 radical (unpaired) electrons. The number of carbonyl (C=O) groups excluding carboxylic acids is 1. The van der Waals surface area contributed by atoms with Crippen LogP contribution < -0.4 is 10.6 Å². The summed E-state index contributed by atoms with van der Waals surface area (Å²) >= 11 is 1.66. The van der Waals surface area contributed by atoms with E-state index in [1.54, 1.807) is 18.4 Å². The highest BCUT2D eigenvalue weighted by molar-refractivity contribution is 7.09. The Bertz CT molecular complexity index is 378. The van der Waals surface area contributed by atoms with Gasteiger partial charge in [-0.2, -0.15) is 0 Å². The molecule has 8 heteroatoms. The van der Waals surface area contributed by atoms with Gasteiger partial charge in [0, 0.05) is 38.5 Å². The van der Waals surface area contributed by atoms with Crippen LogP contribution in [0.4, 0.5) is 0 Å². The Balaban J connectivity index is 0. The van der Waals surface area contributed by atoms with E-state index in [0.717, 1.165) is 36.6 Å². The summed E-state index contributed by atoms with van der Waals surface area (Å²) in [5, 5.41) is 9.22. The van der Waals surface area contributed by atoms with Gasteiger partial charge in [0.05, 0.1) is 17.3 Å². The third-order valence-electron chi connectivity index (χ3n) is 2.61. The van der Waals surface area contributed by atoms with E-state index in [1.807, 2.05) is 6.92 Å². The van der Waals surface area contributed by atoms with E-state index in [-0.39, 0.29) is 30.7 Å². The minimum absolute atomic E-state index is 0. The molecule has 0 aliphatic heterocycles. The van der Waals surface area contributed by atoms with Gasteiger partial charge in [0.25, 0.3) is 0 Å². The minimum atomic E-state index is 0. The van der Waals surface area contributed by atoms with Crippen molar-refractivity contribution in [2.75, 3.05) is 33.4 Å². The Hall–Kier alpha value is -0.400. The molecule has 1 aromatic rings. The molecular formula is C13H25Cl2N3O2S. The molecule has 0 aromatic carbocycles. The van der Waals surface area contributed by atoms with Crippen LogP contribution >= 0.6 is 36.2 Å². The number of nitrogens with zero attached hydrogens (tertiary/aromatic N) is 1. The zero-order valence-corrected chi connectivity index (χ0v) is 15.0. The fourth-order valence-corrected chi connectivity index (χ4v) is 2.28. The predicted octanol–water partition coefficient (Wildman–Crippen LogP) is 1.97. The van der Waals surface area contributed by atoms with E-state index in [4.69, 9.17) is 4.74 Å². The van der Waals surface area contributed by atoms with Crippen LogP contribution in [0.5, 0.6) is 0 Å². The average molecular weight is 358 g/mol. The molecule has 0 bridgehead atoms. The normalized spacial score (nSPS) is 9.62. The molecule has 1 heterocycles. The lowest BCUT2D eigenvalue weighted by Gasteiger charge is -2.06. The fraction of sp³-hybridized carbons (Fsp3) is 0.692. The zero-order chi connectivity index (χ0) is 13.9. The second-order valence-electron chi connectivity index (χ2n) is 4.30. The van der Waals surface area contributed by atoms with E-state index < -0.39 is 0 Å². The number of thiazole rings is 1. The molecule has 0 spiro atoms. The third-order valence-corrected chi connectivity index (χ3v) is 3.43. The van der Waals surface area contributed by atoms with Crippen LogP contribution in [0, 0.1) is 6.92 Å². The van der Waals surface area contributed by atoms with Crippen molar-refractivity contribution in [1.82, 2.24) is 15.6 Å². The van der Waals surface area contributed by atoms with Crippen molar-refractivity contribution in [1.29, 1.82) is 0 Å². The van der Waals surface area contributed by atoms with Crippen LogP contribution in [0.2, 0.25) is 0 Å². The summed E-state index contributed by atoms with van der Waals surface area (Å²) in [5.74, 6) is 0.112. The Morgan fingerprint density at radius 2 is 2.10 bits per heavy atom. The van der Waals surface area contributed by atoms with E-state index >= 15 is 0 Å². The quantitative estimate of drug-likeness (QED) is 0.628. The van der Waals surface area contributed by atoms with Gasteiger partial charge in [-0.1, -0.05) is 0 Å². The molecule has 0 saturated carbocycles. The molecule has 2 N–H and O–H groups in total. The van der Waals surface area contributed by atoms with Crippen molar-refractivity contribution < 1.29 is 9.53 Å². The highest BCUT2D eigenvalue weighted by Gasteiger charge is 2.02. The molecule has 1 rings (SSSR count). The SMILES string of the molecule is COCCNCCNC(=O)CCCc1csc(C)n1.Cl.Cl. The Kier molecular flexibility index (Phi) is 15.8. The number of halogens is 2. The molecule has 1 amide bonds. The standard InChI is InChI=1S/C13H23N3O2S.2ClH/c1-11-16-12(10-19-11)4-3-5-13(17)15-7-6-14-8-9-18-2;;/h10,14H,3-9H2,1-2H3,(H,15,17);2*1H. The monoisotopic (exact) mass is 357 g/mol. The Morgan fingerprint density at radius 1 is 1.33 bits per heavy atom. The molecule has 0 aliphatic rings. The molecule has 124 valence electrons. The van der Waals surface area contributed by atoms with Gasteiger partial charge < -0.3 is 15.4 Å². The number of rotatable bonds is 10. The van der Waals surface area contributed by atoms with Crippen molar-refractivity contribution in [2.24, 2.45) is 0 Å². The van der Waals surface area contributed by atoms with Crippen LogP contribution in [0.1, 0.15) is 23.5 Å². The van der Waals surface area contributed by atoms with Crippen LogP contribution in [-0.4, -0.2) is 44.2 Å². The fourth-order valence-electron chi connectivity index (χ4n) is 1.63. The van der Waals surface area contributed by atoms with Crippen LogP contribution in [-0.2, 0) is 16.0 Å². The van der Waals surface area contributed by atoms with E-state index in [1.165, 1.54) is 0 Å². The number of hydrogen-bond donors (Lipinski definition) is 2. The van der Waals surface area contributed by atoms with Gasteiger partial charge in [0.1, 0.15) is 0 Å². The van der Waals surface area contributed by atoms with E-state index in [2.05, 4.69) is 21.0 Å². The van der Waals surface area contributed by atoms with Gasteiger partial charge in [0.2, 0.25) is 5.91 Å². The molecule has 0 atom stereocenters. The highest BCUT2D eigenvalue weighted by Crippen LogP contribution is 2.10. The first-order valence-corrected chi connectivity index (χ1v) is 7.47. The van der Waals surface area contributed by atoms with Crippen LogP contribution in [0.3, 0.4) is 0 Å². The maximum Gasteiger partial charge on any atom is 0.220 e. The Morgan fingerprint density at radius 3 is 2.71 bits per heavy atom. The predicted molar refractivity (Wildman–Crippen MR) is 92.0 cm³/mol. The summed E-state index contributed by atoms with van der Waals surface area (Å²) in [4.78, 5) is 15.9. The summed E-state index contributed by atoms with van der Waals surface area (Å²) in [5.41, 5.74) is 1.09. The van der Waals surface area contributed by atoms with Crippen molar-refractivity contribution >= 4 is 42.1 Å². The summed E-state index contributed by atoms with van der Waals surface area (Å²) in [6, 6.07) is 0. The molecule has 0 fully saturated rings. The van der Waals surface area contributed by atoms with Crippen LogP contribution in [0.15, 0.2) is 5.38 Å². The number of hydrogen-bond acceptors (Lipinski definition) is 5. The molecule has 21 heavy (non-hydrogen) atoms. The van der Waals surface area contributed by atoms with E-state index in [9.17, 15) is 4.79 Å². The summed E-state index contributed by atoms with van der Waals surface area (Å²) in [7, 11) is 1.67. The number of aryl methyl sites for hydroxylation is 2. The lowest BCUT2D eigenvalue weighted by molar-refractivity contribution is -0.121. The molecule has 0 unspecified atom stereocenters. The summed E-state index contributed by atoms with van der Waals surface area (Å²) < 4.78 is 4.91. The molecule has 5 nitrogen and oxygen atoms in total. The van der Waals surface area contributed by atoms with Gasteiger partial charge in [0.15, 0.2) is 0 Å². The summed E-state index contributed by atoms with van der Waals surface area (Å²) in [6.07, 6.45) is 2.30. The zero-order valence-electron chi connectivity index (χ0n) is 12.5. The Labute approximate surface area is 143 Å². The second kappa shape index (κ2) is 14.5. The first-order valence-electron chi connectivity index (χ1n) is 6.59. The molecule has 0 aliphatic carbocycles. The van der Waals surface area contributed by atoms with Crippen LogP contribution in [0.25, 0.3) is 0 Å². The number of amides is 1. The number of aromatic nitrogens is 1. The van der Waals surface area contributed by atoms with Gasteiger partial charge in [-0.05, 0) is 19.8 Å². The largest absolute Gasteiger partial charge is 0.383 e. The number of carbonyl (C=O) groups is 1. The van der Waals surface area contributed by atoms with E-state index in [0.29, 0.717) is 19.6 Å². The lowest BCUT2D eigenvalue weighted by atomic mass is 10.2. The van der Waals surface area contributed by atoms with Crippen molar-refractivity contribution in [3.8, 4) is 0 Å². The van der Waals surface area contributed by atoms with Gasteiger partial charge >= 0.3 is 0 Å². The molecule has 0 saturated heterocycles. The van der Waals surface area contributed by atoms with Gasteiger partial charge in [-0.3, -0.25) is 4.79 Å². The van der Waals surface area contributed by atoms with Crippen molar-refractivity contribution in [3.05, 3.63) is 16.1 Å². The summed E-state index contributed by atoms with van der Waals surface area (Å²) in [6.45, 7) is 4.95. The van der Waals surface area contributed by atoms with Crippen molar-refractivity contribution in [3.63, 3.8) is 0 Å². The maximum atomic E-state index is 11.5. The first kappa shape index (κ1) is 22.9. The number of nitrogens with one attached hydrogen (secondary N) is 2.